The zero-order valence-electron chi connectivity index (χ0n) is 35.4. The first kappa shape index (κ1) is 36.9. The highest BCUT2D eigenvalue weighted by atomic mass is 15.1. The molecular formula is C62H39N3. The van der Waals surface area contributed by atoms with Crippen molar-refractivity contribution in [3.8, 4) is 33.4 Å². The highest BCUT2D eigenvalue weighted by molar-refractivity contribution is 6.11. The van der Waals surface area contributed by atoms with Gasteiger partial charge in [0, 0.05) is 51.4 Å². The minimum Gasteiger partial charge on any atom is -0.310 e. The molecule has 0 N–H and O–H groups in total. The van der Waals surface area contributed by atoms with Crippen LogP contribution in [0.25, 0.3) is 109 Å². The first-order valence-corrected chi connectivity index (χ1v) is 22.2. The Morgan fingerprint density at radius 3 is 1.22 bits per heavy atom. The van der Waals surface area contributed by atoms with E-state index in [-0.39, 0.29) is 0 Å². The van der Waals surface area contributed by atoms with E-state index < -0.39 is 0 Å². The van der Waals surface area contributed by atoms with E-state index >= 15 is 0 Å². The molecule has 0 saturated heterocycles. The lowest BCUT2D eigenvalue weighted by Gasteiger charge is -2.26. The van der Waals surface area contributed by atoms with E-state index in [4.69, 9.17) is 9.97 Å². The van der Waals surface area contributed by atoms with Crippen molar-refractivity contribution in [1.29, 1.82) is 0 Å². The van der Waals surface area contributed by atoms with Crippen LogP contribution in [-0.4, -0.2) is 9.97 Å². The Labute approximate surface area is 376 Å². The summed E-state index contributed by atoms with van der Waals surface area (Å²) >= 11 is 0. The van der Waals surface area contributed by atoms with Crippen molar-refractivity contribution in [3.63, 3.8) is 0 Å². The molecule has 11 aromatic carbocycles. The molecule has 0 bridgehead atoms. The fourth-order valence-electron chi connectivity index (χ4n) is 9.88. The van der Waals surface area contributed by atoms with Crippen LogP contribution in [0, 0.1) is 0 Å². The molecule has 0 radical (unpaired) electrons. The highest BCUT2D eigenvalue weighted by Crippen LogP contribution is 2.40. The summed E-state index contributed by atoms with van der Waals surface area (Å²) in [6.07, 6.45) is 3.98. The van der Waals surface area contributed by atoms with E-state index in [1.165, 1.54) is 65.0 Å². The number of hydrogen-bond donors (Lipinski definition) is 0. The summed E-state index contributed by atoms with van der Waals surface area (Å²) in [5.74, 6) is 0. The third-order valence-corrected chi connectivity index (χ3v) is 13.3. The first-order chi connectivity index (χ1) is 32.2. The summed E-state index contributed by atoms with van der Waals surface area (Å²) in [5, 5.41) is 14.6. The molecule has 0 aliphatic carbocycles. The molecule has 302 valence electrons. The molecule has 0 amide bonds. The minimum absolute atomic E-state index is 1.00. The summed E-state index contributed by atoms with van der Waals surface area (Å²) in [5.41, 5.74) is 12.1. The van der Waals surface area contributed by atoms with Crippen LogP contribution in [0.2, 0.25) is 0 Å². The van der Waals surface area contributed by atoms with Gasteiger partial charge in [-0.25, -0.2) is 0 Å². The predicted octanol–water partition coefficient (Wildman–Crippen LogP) is 17.0. The number of anilines is 3. The van der Waals surface area contributed by atoms with E-state index in [9.17, 15) is 0 Å². The van der Waals surface area contributed by atoms with Gasteiger partial charge in [-0.15, -0.1) is 0 Å². The van der Waals surface area contributed by atoms with Gasteiger partial charge in [0.15, 0.2) is 0 Å². The van der Waals surface area contributed by atoms with Gasteiger partial charge in [0.25, 0.3) is 0 Å². The van der Waals surface area contributed by atoms with Gasteiger partial charge in [0.2, 0.25) is 0 Å². The Morgan fingerprint density at radius 1 is 0.231 bits per heavy atom. The van der Waals surface area contributed by atoms with Crippen LogP contribution in [0.4, 0.5) is 17.1 Å². The van der Waals surface area contributed by atoms with Gasteiger partial charge < -0.3 is 4.90 Å². The molecule has 0 spiro atoms. The van der Waals surface area contributed by atoms with Gasteiger partial charge in [-0.2, -0.15) is 0 Å². The number of fused-ring (bicyclic) bond motifs is 10. The molecular weight excluding hydrogens is 787 g/mol. The van der Waals surface area contributed by atoms with Gasteiger partial charge in [0.1, 0.15) is 0 Å². The smallest absolute Gasteiger partial charge is 0.0708 e. The lowest BCUT2D eigenvalue weighted by atomic mass is 9.96. The fraction of sp³-hybridized carbons (Fsp3) is 0. The summed E-state index contributed by atoms with van der Waals surface area (Å²) in [7, 11) is 0. The Hall–Kier alpha value is -8.66. The first-order valence-electron chi connectivity index (χ1n) is 22.2. The second kappa shape index (κ2) is 15.0. The van der Waals surface area contributed by atoms with Gasteiger partial charge in [-0.3, -0.25) is 9.97 Å². The second-order valence-electron chi connectivity index (χ2n) is 17.1. The monoisotopic (exact) mass is 825 g/mol. The molecule has 3 heteroatoms. The standard InChI is InChI=1S/C62H39N3/c1-2-10-45-33-46(14-13-40(45)7-1)47-21-29-57-48(34-47)15-16-49-35-54(28-30-58(49)57)65(52-24-17-41(18-25-52)50-36-59-55-11-5-3-8-43(55)22-31-61(59)63-38-50)53-26-19-42(20-27-53)51-37-60-56-12-6-4-9-44(56)23-32-62(60)64-39-51/h1-39H. The maximum atomic E-state index is 4.89. The van der Waals surface area contributed by atoms with Crippen LogP contribution in [0.1, 0.15) is 0 Å². The number of benzene rings is 11. The summed E-state index contributed by atoms with van der Waals surface area (Å²) < 4.78 is 0. The summed E-state index contributed by atoms with van der Waals surface area (Å²) in [4.78, 5) is 12.1. The molecule has 13 aromatic rings. The zero-order chi connectivity index (χ0) is 42.8. The van der Waals surface area contributed by atoms with Crippen LogP contribution in [0.3, 0.4) is 0 Å². The molecule has 3 nitrogen and oxygen atoms in total. The molecule has 65 heavy (non-hydrogen) atoms. The van der Waals surface area contributed by atoms with Crippen molar-refractivity contribution >= 4 is 92.7 Å². The average molecular weight is 826 g/mol. The Bertz CT molecular complexity index is 3840. The van der Waals surface area contributed by atoms with Crippen LogP contribution in [-0.2, 0) is 0 Å². The van der Waals surface area contributed by atoms with Gasteiger partial charge in [-0.1, -0.05) is 152 Å². The van der Waals surface area contributed by atoms with Gasteiger partial charge in [-0.05, 0) is 149 Å². The lowest BCUT2D eigenvalue weighted by Crippen LogP contribution is -2.09. The fourth-order valence-corrected chi connectivity index (χ4v) is 9.88. The van der Waals surface area contributed by atoms with E-state index in [0.717, 1.165) is 61.1 Å². The number of rotatable bonds is 6. The van der Waals surface area contributed by atoms with Crippen molar-refractivity contribution in [2.24, 2.45) is 0 Å². The normalized spacial score (nSPS) is 11.7. The van der Waals surface area contributed by atoms with Crippen LogP contribution in [0.5, 0.6) is 0 Å². The molecule has 0 aliphatic heterocycles. The van der Waals surface area contributed by atoms with Crippen molar-refractivity contribution in [2.75, 3.05) is 4.90 Å². The van der Waals surface area contributed by atoms with Crippen molar-refractivity contribution in [3.05, 3.63) is 237 Å². The van der Waals surface area contributed by atoms with Crippen molar-refractivity contribution in [2.45, 2.75) is 0 Å². The van der Waals surface area contributed by atoms with Crippen LogP contribution >= 0.6 is 0 Å². The molecule has 13 rings (SSSR count). The lowest BCUT2D eigenvalue weighted by molar-refractivity contribution is 1.29. The van der Waals surface area contributed by atoms with E-state index in [1.54, 1.807) is 0 Å². The highest BCUT2D eigenvalue weighted by Gasteiger charge is 2.16. The molecule has 0 fully saturated rings. The third-order valence-electron chi connectivity index (χ3n) is 13.3. The summed E-state index contributed by atoms with van der Waals surface area (Å²) in [6, 6.07) is 81.5. The van der Waals surface area contributed by atoms with Crippen LogP contribution in [0.15, 0.2) is 237 Å². The van der Waals surface area contributed by atoms with Crippen molar-refractivity contribution in [1.82, 2.24) is 9.97 Å². The van der Waals surface area contributed by atoms with Crippen molar-refractivity contribution < 1.29 is 0 Å². The number of hydrogen-bond acceptors (Lipinski definition) is 3. The topological polar surface area (TPSA) is 29.0 Å². The second-order valence-corrected chi connectivity index (χ2v) is 17.1. The predicted molar refractivity (Wildman–Crippen MR) is 276 cm³/mol. The molecule has 0 aliphatic rings. The molecule has 2 aromatic heterocycles. The maximum absolute atomic E-state index is 4.89. The largest absolute Gasteiger partial charge is 0.310 e. The third kappa shape index (κ3) is 6.44. The zero-order valence-corrected chi connectivity index (χ0v) is 35.4. The number of pyridine rings is 2. The molecule has 0 unspecified atom stereocenters. The van der Waals surface area contributed by atoms with Gasteiger partial charge in [0.05, 0.1) is 11.0 Å². The van der Waals surface area contributed by atoms with E-state index in [0.29, 0.717) is 0 Å². The Kier molecular flexibility index (Phi) is 8.53. The number of nitrogens with zero attached hydrogens (tertiary/aromatic N) is 3. The minimum atomic E-state index is 1.00. The molecule has 2 heterocycles. The molecule has 0 atom stereocenters. The maximum Gasteiger partial charge on any atom is 0.0708 e. The quantitative estimate of drug-likeness (QED) is 0.156. The van der Waals surface area contributed by atoms with Crippen LogP contribution < -0.4 is 4.90 Å². The Balaban J connectivity index is 0.895. The SMILES string of the molecule is c1ccc2cc(-c3ccc4c(ccc5cc(N(c6ccc(-c7cnc8ccc9ccccc9c8c7)cc6)c6ccc(-c7cnc8ccc9ccccc9c8c7)cc6)ccc54)c3)ccc2c1. The Morgan fingerprint density at radius 2 is 0.631 bits per heavy atom. The van der Waals surface area contributed by atoms with E-state index in [1.807, 2.05) is 12.4 Å². The average Bonchev–Trinajstić information content (AvgIpc) is 3.38. The van der Waals surface area contributed by atoms with Gasteiger partial charge >= 0.3 is 0 Å². The molecule has 0 saturated carbocycles. The van der Waals surface area contributed by atoms with E-state index in [2.05, 4.69) is 229 Å². The number of aromatic nitrogens is 2. The summed E-state index contributed by atoms with van der Waals surface area (Å²) in [6.45, 7) is 0.